The Kier molecular flexibility index (Phi) is 10.3. The van der Waals surface area contributed by atoms with E-state index in [0.717, 1.165) is 70.3 Å². The number of carbonyl (C=O) groups excluding carboxylic acids is 1. The second kappa shape index (κ2) is 13.7. The molecule has 1 aliphatic carbocycles. The van der Waals surface area contributed by atoms with E-state index in [4.69, 9.17) is 16.3 Å². The number of nitrogens with one attached hydrogen (secondary N) is 2. The molecule has 1 aliphatic rings. The number of benzene rings is 3. The van der Waals surface area contributed by atoms with E-state index in [1.807, 2.05) is 54.6 Å². The van der Waals surface area contributed by atoms with Crippen molar-refractivity contribution in [3.05, 3.63) is 92.4 Å². The van der Waals surface area contributed by atoms with Crippen molar-refractivity contribution in [3.8, 4) is 5.75 Å². The maximum atomic E-state index is 12.7. The van der Waals surface area contributed by atoms with Crippen molar-refractivity contribution in [3.63, 3.8) is 0 Å². The van der Waals surface area contributed by atoms with Gasteiger partial charge >= 0.3 is 6.03 Å². The van der Waals surface area contributed by atoms with Crippen molar-refractivity contribution in [1.82, 2.24) is 5.32 Å². The van der Waals surface area contributed by atoms with Gasteiger partial charge in [0.1, 0.15) is 12.4 Å². The number of carbonyl (C=O) groups is 1. The molecule has 3 aromatic carbocycles. The number of hydrogen-bond donors (Lipinski definition) is 3. The summed E-state index contributed by atoms with van der Waals surface area (Å²) in [6.45, 7) is 4.89. The first kappa shape index (κ1) is 29.4. The lowest BCUT2D eigenvalue weighted by molar-refractivity contribution is -0.00572. The van der Waals surface area contributed by atoms with Gasteiger partial charge in [0, 0.05) is 21.7 Å². The second-order valence-corrected chi connectivity index (χ2v) is 11.9. The molecule has 4 rings (SSSR count). The van der Waals surface area contributed by atoms with Crippen LogP contribution in [0, 0.1) is 5.92 Å². The standard InChI is InChI=1S/C32H38BrClN2O3/c1-3-24-6-5-7-25(4-2)30(24)36-31(37)35-21-32(38)16-14-22(15-17-32)18-26-19-27(33)10-13-29(26)39-20-23-8-11-28(34)12-9-23/h5-13,19,22,38H,3-4,14-18,20-21H2,1-2H3,(H2,35,36,37). The minimum Gasteiger partial charge on any atom is -0.489 e. The highest BCUT2D eigenvalue weighted by molar-refractivity contribution is 9.10. The molecule has 208 valence electrons. The van der Waals surface area contributed by atoms with Crippen molar-refractivity contribution in [1.29, 1.82) is 0 Å². The fraction of sp³-hybridized carbons (Fsp3) is 0.406. The number of aryl methyl sites for hydroxylation is 2. The van der Waals surface area contributed by atoms with Gasteiger partial charge in [0.25, 0.3) is 0 Å². The van der Waals surface area contributed by atoms with Crippen LogP contribution in [0.4, 0.5) is 10.5 Å². The predicted octanol–water partition coefficient (Wildman–Crippen LogP) is 8.09. The lowest BCUT2D eigenvalue weighted by Gasteiger charge is -2.36. The molecule has 0 saturated heterocycles. The topological polar surface area (TPSA) is 70.6 Å². The number of aliphatic hydroxyl groups is 1. The zero-order chi connectivity index (χ0) is 27.8. The van der Waals surface area contributed by atoms with Gasteiger partial charge in [0.15, 0.2) is 0 Å². The summed E-state index contributed by atoms with van der Waals surface area (Å²) in [7, 11) is 0. The van der Waals surface area contributed by atoms with Crippen molar-refractivity contribution < 1.29 is 14.6 Å². The second-order valence-electron chi connectivity index (χ2n) is 10.5. The molecule has 39 heavy (non-hydrogen) atoms. The van der Waals surface area contributed by atoms with E-state index in [1.165, 1.54) is 0 Å². The number of halogens is 2. The smallest absolute Gasteiger partial charge is 0.319 e. The minimum atomic E-state index is -0.892. The lowest BCUT2D eigenvalue weighted by Crippen LogP contribution is -2.46. The normalized spacial score (nSPS) is 18.9. The fourth-order valence-electron chi connectivity index (χ4n) is 5.30. The van der Waals surface area contributed by atoms with Gasteiger partial charge in [-0.1, -0.05) is 71.7 Å². The highest BCUT2D eigenvalue weighted by Gasteiger charge is 2.34. The van der Waals surface area contributed by atoms with Crippen LogP contribution in [0.3, 0.4) is 0 Å². The minimum absolute atomic E-state index is 0.244. The average Bonchev–Trinajstić information content (AvgIpc) is 2.94. The summed E-state index contributed by atoms with van der Waals surface area (Å²) in [6, 6.07) is 19.7. The van der Waals surface area contributed by atoms with Gasteiger partial charge in [-0.05, 0) is 103 Å². The van der Waals surface area contributed by atoms with E-state index in [9.17, 15) is 9.90 Å². The number of rotatable bonds is 10. The molecular weight excluding hydrogens is 576 g/mol. The summed E-state index contributed by atoms with van der Waals surface area (Å²) in [5.41, 5.74) is 4.46. The molecule has 2 amide bonds. The summed E-state index contributed by atoms with van der Waals surface area (Å²) in [5.74, 6) is 1.32. The first-order valence-corrected chi connectivity index (χ1v) is 15.0. The molecule has 0 aromatic heterocycles. The Hall–Kier alpha value is -2.54. The van der Waals surface area contributed by atoms with E-state index >= 15 is 0 Å². The number of anilines is 1. The van der Waals surface area contributed by atoms with Crippen molar-refractivity contribution in [2.45, 2.75) is 71.0 Å². The number of urea groups is 1. The number of hydrogen-bond acceptors (Lipinski definition) is 3. The molecule has 0 atom stereocenters. The SMILES string of the molecule is CCc1cccc(CC)c1NC(=O)NCC1(O)CCC(Cc2cc(Br)ccc2OCc2ccc(Cl)cc2)CC1. The third-order valence-corrected chi connectivity index (χ3v) is 8.44. The Morgan fingerprint density at radius 2 is 1.69 bits per heavy atom. The van der Waals surface area contributed by atoms with Gasteiger partial charge in [-0.3, -0.25) is 0 Å². The van der Waals surface area contributed by atoms with Gasteiger partial charge in [-0.25, -0.2) is 4.79 Å². The molecule has 0 heterocycles. The van der Waals surface area contributed by atoms with E-state index < -0.39 is 5.60 Å². The Balaban J connectivity index is 1.29. The Bertz CT molecular complexity index is 1230. The average molecular weight is 614 g/mol. The number of para-hydroxylation sites is 1. The molecule has 5 nitrogen and oxygen atoms in total. The molecule has 7 heteroatoms. The van der Waals surface area contributed by atoms with Crippen LogP contribution in [-0.2, 0) is 25.9 Å². The van der Waals surface area contributed by atoms with Crippen LogP contribution in [0.15, 0.2) is 65.1 Å². The third kappa shape index (κ3) is 8.23. The molecule has 0 unspecified atom stereocenters. The largest absolute Gasteiger partial charge is 0.489 e. The van der Waals surface area contributed by atoms with Crippen LogP contribution in [-0.4, -0.2) is 23.3 Å². The van der Waals surface area contributed by atoms with Gasteiger partial charge in [-0.2, -0.15) is 0 Å². The maximum Gasteiger partial charge on any atom is 0.319 e. The highest BCUT2D eigenvalue weighted by Crippen LogP contribution is 2.36. The highest BCUT2D eigenvalue weighted by atomic mass is 79.9. The maximum absolute atomic E-state index is 12.7. The van der Waals surface area contributed by atoms with Crippen molar-refractivity contribution >= 4 is 39.2 Å². The first-order chi connectivity index (χ1) is 18.8. The fourth-order valence-corrected chi connectivity index (χ4v) is 5.84. The van der Waals surface area contributed by atoms with Crippen LogP contribution in [0.1, 0.15) is 61.8 Å². The molecule has 3 aromatic rings. The molecule has 0 aliphatic heterocycles. The van der Waals surface area contributed by atoms with Gasteiger partial charge < -0.3 is 20.5 Å². The van der Waals surface area contributed by atoms with Crippen molar-refractivity contribution in [2.24, 2.45) is 5.92 Å². The number of ether oxygens (including phenoxy) is 1. The molecule has 1 saturated carbocycles. The molecule has 0 bridgehead atoms. The van der Waals surface area contributed by atoms with E-state index in [2.05, 4.69) is 46.5 Å². The molecule has 3 N–H and O–H groups in total. The summed E-state index contributed by atoms with van der Waals surface area (Å²) in [5, 5.41) is 17.9. The predicted molar refractivity (Wildman–Crippen MR) is 163 cm³/mol. The first-order valence-electron chi connectivity index (χ1n) is 13.8. The summed E-state index contributed by atoms with van der Waals surface area (Å²) < 4.78 is 7.20. The Labute approximate surface area is 245 Å². The summed E-state index contributed by atoms with van der Waals surface area (Å²) >= 11 is 9.61. The van der Waals surface area contributed by atoms with Gasteiger partial charge in [0.2, 0.25) is 0 Å². The van der Waals surface area contributed by atoms with Crippen LogP contribution in [0.2, 0.25) is 5.02 Å². The van der Waals surface area contributed by atoms with Gasteiger partial charge in [0.05, 0.1) is 5.60 Å². The van der Waals surface area contributed by atoms with Crippen LogP contribution in [0.5, 0.6) is 5.75 Å². The van der Waals surface area contributed by atoms with Crippen LogP contribution < -0.4 is 15.4 Å². The number of amides is 2. The zero-order valence-electron chi connectivity index (χ0n) is 22.7. The lowest BCUT2D eigenvalue weighted by atomic mass is 9.76. The zero-order valence-corrected chi connectivity index (χ0v) is 25.1. The van der Waals surface area contributed by atoms with Crippen molar-refractivity contribution in [2.75, 3.05) is 11.9 Å². The van der Waals surface area contributed by atoms with Gasteiger partial charge in [-0.15, -0.1) is 0 Å². The molecule has 1 fully saturated rings. The van der Waals surface area contributed by atoms with E-state index in [-0.39, 0.29) is 12.6 Å². The molecular formula is C32H38BrClN2O3. The monoisotopic (exact) mass is 612 g/mol. The Morgan fingerprint density at radius 3 is 2.33 bits per heavy atom. The van der Waals surface area contributed by atoms with E-state index in [1.54, 1.807) is 0 Å². The quantitative estimate of drug-likeness (QED) is 0.216. The van der Waals surface area contributed by atoms with Crippen LogP contribution in [0.25, 0.3) is 0 Å². The van der Waals surface area contributed by atoms with Crippen LogP contribution >= 0.6 is 27.5 Å². The molecule has 0 spiro atoms. The van der Waals surface area contributed by atoms with E-state index in [0.29, 0.717) is 30.4 Å². The Morgan fingerprint density at radius 1 is 1.03 bits per heavy atom. The summed E-state index contributed by atoms with van der Waals surface area (Å²) in [4.78, 5) is 12.7. The summed E-state index contributed by atoms with van der Waals surface area (Å²) in [6.07, 6.45) is 5.66. The third-order valence-electron chi connectivity index (χ3n) is 7.69. The molecule has 0 radical (unpaired) electrons.